The molecule has 2 N–H and O–H groups in total. The summed E-state index contributed by atoms with van der Waals surface area (Å²) in [5.41, 5.74) is 1.27. The molecule has 0 saturated carbocycles. The van der Waals surface area contributed by atoms with Gasteiger partial charge in [0.15, 0.2) is 5.96 Å². The molecule has 2 aromatic rings. The zero-order chi connectivity index (χ0) is 17.5. The first-order chi connectivity index (χ1) is 12.3. The van der Waals surface area contributed by atoms with Crippen LogP contribution in [0.2, 0.25) is 0 Å². The molecule has 7 heteroatoms. The molecule has 0 spiro atoms. The second-order valence-electron chi connectivity index (χ2n) is 6.33. The van der Waals surface area contributed by atoms with Crippen LogP contribution in [0, 0.1) is 0 Å². The fraction of sp³-hybridized carbons (Fsp3) is 0.474. The van der Waals surface area contributed by atoms with Gasteiger partial charge in [-0.15, -0.1) is 24.0 Å². The lowest BCUT2D eigenvalue weighted by molar-refractivity contribution is 0.188. The van der Waals surface area contributed by atoms with Crippen LogP contribution in [0.3, 0.4) is 0 Å². The summed E-state index contributed by atoms with van der Waals surface area (Å²) in [6, 6.07) is 10.4. The Labute approximate surface area is 172 Å². The van der Waals surface area contributed by atoms with Gasteiger partial charge in [-0.05, 0) is 18.9 Å². The Kier molecular flexibility index (Phi) is 8.37. The number of benzene rings is 1. The van der Waals surface area contributed by atoms with Crippen molar-refractivity contribution in [3.8, 4) is 0 Å². The molecule has 142 valence electrons. The molecule has 26 heavy (non-hydrogen) atoms. The third kappa shape index (κ3) is 5.70. The molecule has 1 aliphatic heterocycles. The van der Waals surface area contributed by atoms with E-state index in [1.165, 1.54) is 5.56 Å². The first-order valence-electron chi connectivity index (χ1n) is 9.01. The summed E-state index contributed by atoms with van der Waals surface area (Å²) in [7, 11) is 0. The number of aromatic nitrogens is 2. The maximum atomic E-state index is 9.73. The number of hydrogen-bond donors (Lipinski definition) is 2. The Morgan fingerprint density at radius 1 is 1.35 bits per heavy atom. The molecule has 1 fully saturated rings. The maximum Gasteiger partial charge on any atom is 0.194 e. The Balaban J connectivity index is 0.00000243. The molecule has 6 nitrogen and oxygen atoms in total. The van der Waals surface area contributed by atoms with Crippen LogP contribution in [0.15, 0.2) is 47.7 Å². The lowest BCUT2D eigenvalue weighted by atomic mass is 10.2. The second kappa shape index (κ2) is 10.5. The lowest BCUT2D eigenvalue weighted by Crippen LogP contribution is -2.40. The van der Waals surface area contributed by atoms with Crippen molar-refractivity contribution < 1.29 is 5.11 Å². The summed E-state index contributed by atoms with van der Waals surface area (Å²) in [4.78, 5) is 11.3. The van der Waals surface area contributed by atoms with E-state index in [1.54, 1.807) is 0 Å². The van der Waals surface area contributed by atoms with E-state index in [0.29, 0.717) is 13.1 Å². The number of likely N-dealkylation sites (tertiary alicyclic amines) is 1. The zero-order valence-electron chi connectivity index (χ0n) is 15.2. The number of nitrogens with zero attached hydrogens (tertiary/aromatic N) is 4. The van der Waals surface area contributed by atoms with Gasteiger partial charge in [0, 0.05) is 51.5 Å². The highest BCUT2D eigenvalue weighted by Crippen LogP contribution is 2.09. The van der Waals surface area contributed by atoms with Gasteiger partial charge in [0.05, 0.1) is 6.10 Å². The topological polar surface area (TPSA) is 65.7 Å². The quantitative estimate of drug-likeness (QED) is 0.387. The van der Waals surface area contributed by atoms with Gasteiger partial charge in [0.2, 0.25) is 0 Å². The first-order valence-corrected chi connectivity index (χ1v) is 9.01. The van der Waals surface area contributed by atoms with Crippen LogP contribution >= 0.6 is 24.0 Å². The van der Waals surface area contributed by atoms with Gasteiger partial charge in [-0.1, -0.05) is 30.3 Å². The van der Waals surface area contributed by atoms with Gasteiger partial charge >= 0.3 is 0 Å². The van der Waals surface area contributed by atoms with E-state index in [2.05, 4.69) is 51.0 Å². The summed E-state index contributed by atoms with van der Waals surface area (Å²) in [5, 5.41) is 13.0. The molecular weight excluding hydrogens is 441 g/mol. The molecule has 0 bridgehead atoms. The first kappa shape index (κ1) is 20.7. The van der Waals surface area contributed by atoms with Crippen LogP contribution in [0.25, 0.3) is 0 Å². The molecule has 1 saturated heterocycles. The highest BCUT2D eigenvalue weighted by atomic mass is 127. The molecule has 1 aromatic carbocycles. The number of halogens is 1. The predicted molar refractivity (Wildman–Crippen MR) is 115 cm³/mol. The summed E-state index contributed by atoms with van der Waals surface area (Å²) >= 11 is 0. The Bertz CT molecular complexity index is 688. The summed E-state index contributed by atoms with van der Waals surface area (Å²) in [5.74, 6) is 1.94. The molecule has 0 radical (unpaired) electrons. The molecule has 1 aliphatic rings. The van der Waals surface area contributed by atoms with Gasteiger partial charge in [-0.2, -0.15) is 0 Å². The van der Waals surface area contributed by atoms with E-state index in [9.17, 15) is 5.11 Å². The summed E-state index contributed by atoms with van der Waals surface area (Å²) < 4.78 is 2.18. The van der Waals surface area contributed by atoms with Crippen molar-refractivity contribution in [2.75, 3.05) is 26.2 Å². The van der Waals surface area contributed by atoms with Gasteiger partial charge in [0.1, 0.15) is 5.82 Å². The third-order valence-corrected chi connectivity index (χ3v) is 4.39. The molecule has 1 aromatic heterocycles. The van der Waals surface area contributed by atoms with Gasteiger partial charge in [-0.25, -0.2) is 4.98 Å². The van der Waals surface area contributed by atoms with Crippen molar-refractivity contribution in [2.45, 2.75) is 32.4 Å². The standard InChI is InChI=1S/C19H27N5O.HI/c1-2-20-19(24-12-9-17(25)15-24)22-10-8-18-21-11-13-23(18)14-16-6-4-3-5-7-16;/h3-7,11,13,17,25H,2,8-10,12,14-15H2,1H3,(H,20,22);1H/t17-;/m1./s1. The number of imidazole rings is 1. The fourth-order valence-corrected chi connectivity index (χ4v) is 3.11. The van der Waals surface area contributed by atoms with Crippen LogP contribution in [0.5, 0.6) is 0 Å². The number of rotatable bonds is 6. The van der Waals surface area contributed by atoms with Crippen molar-refractivity contribution in [2.24, 2.45) is 4.99 Å². The molecule has 0 unspecified atom stereocenters. The highest BCUT2D eigenvalue weighted by Gasteiger charge is 2.22. The average molecular weight is 469 g/mol. The minimum atomic E-state index is -0.242. The molecule has 2 heterocycles. The Hall–Kier alpha value is -1.61. The van der Waals surface area contributed by atoms with Crippen LogP contribution in [0.1, 0.15) is 24.7 Å². The maximum absolute atomic E-state index is 9.73. The number of hydrogen-bond acceptors (Lipinski definition) is 3. The Morgan fingerprint density at radius 3 is 2.85 bits per heavy atom. The number of aliphatic hydroxyl groups excluding tert-OH is 1. The number of β-amino-alcohol motifs (C(OH)–C–C–N with tert-alkyl or cyclic N) is 1. The molecule has 0 aliphatic carbocycles. The van der Waals surface area contributed by atoms with Crippen LogP contribution in [0.4, 0.5) is 0 Å². The van der Waals surface area contributed by atoms with E-state index in [0.717, 1.165) is 44.3 Å². The fourth-order valence-electron chi connectivity index (χ4n) is 3.11. The lowest BCUT2D eigenvalue weighted by Gasteiger charge is -2.20. The van der Waals surface area contributed by atoms with Gasteiger partial charge in [-0.3, -0.25) is 4.99 Å². The normalized spacial score (nSPS) is 17.2. The number of nitrogens with one attached hydrogen (secondary N) is 1. The van der Waals surface area contributed by atoms with Crippen LogP contribution in [-0.2, 0) is 13.0 Å². The SMILES string of the molecule is CCNC(=NCCc1nccn1Cc1ccccc1)N1CC[C@@H](O)C1.I. The van der Waals surface area contributed by atoms with Gasteiger partial charge in [0.25, 0.3) is 0 Å². The van der Waals surface area contributed by atoms with Crippen molar-refractivity contribution >= 4 is 29.9 Å². The summed E-state index contributed by atoms with van der Waals surface area (Å²) in [6.07, 6.45) is 5.24. The molecule has 0 amide bonds. The third-order valence-electron chi connectivity index (χ3n) is 4.39. The number of aliphatic imine (C=N–C) groups is 1. The molecular formula is C19H28IN5O. The average Bonchev–Trinajstić information content (AvgIpc) is 3.24. The van der Waals surface area contributed by atoms with Crippen molar-refractivity contribution in [3.63, 3.8) is 0 Å². The van der Waals surface area contributed by atoms with Crippen molar-refractivity contribution in [1.29, 1.82) is 0 Å². The minimum absolute atomic E-state index is 0. The van der Waals surface area contributed by atoms with Crippen molar-refractivity contribution in [3.05, 3.63) is 54.1 Å². The molecule has 1 atom stereocenters. The van der Waals surface area contributed by atoms with E-state index in [-0.39, 0.29) is 30.1 Å². The zero-order valence-corrected chi connectivity index (χ0v) is 17.5. The van der Waals surface area contributed by atoms with Crippen LogP contribution in [-0.4, -0.2) is 57.8 Å². The van der Waals surface area contributed by atoms with Gasteiger partial charge < -0.3 is 19.9 Å². The second-order valence-corrected chi connectivity index (χ2v) is 6.33. The number of guanidine groups is 1. The Morgan fingerprint density at radius 2 is 2.15 bits per heavy atom. The smallest absolute Gasteiger partial charge is 0.194 e. The highest BCUT2D eigenvalue weighted by molar-refractivity contribution is 14.0. The van der Waals surface area contributed by atoms with E-state index in [1.807, 2.05) is 18.5 Å². The van der Waals surface area contributed by atoms with E-state index in [4.69, 9.17) is 4.99 Å². The minimum Gasteiger partial charge on any atom is -0.391 e. The van der Waals surface area contributed by atoms with E-state index < -0.39 is 0 Å². The monoisotopic (exact) mass is 469 g/mol. The largest absolute Gasteiger partial charge is 0.391 e. The summed E-state index contributed by atoms with van der Waals surface area (Å²) in [6.45, 7) is 5.92. The van der Waals surface area contributed by atoms with E-state index >= 15 is 0 Å². The number of aliphatic hydroxyl groups is 1. The van der Waals surface area contributed by atoms with Crippen LogP contribution < -0.4 is 5.32 Å². The molecule has 3 rings (SSSR count). The van der Waals surface area contributed by atoms with Crippen molar-refractivity contribution in [1.82, 2.24) is 19.8 Å². The predicted octanol–water partition coefficient (Wildman–Crippen LogP) is 2.12.